The van der Waals surface area contributed by atoms with Crippen molar-refractivity contribution in [1.82, 2.24) is 0 Å². The molecule has 6 heteroatoms. The van der Waals surface area contributed by atoms with E-state index in [4.69, 9.17) is 10.5 Å². The molecule has 0 aliphatic rings. The van der Waals surface area contributed by atoms with E-state index in [-0.39, 0.29) is 31.4 Å². The molecule has 2 aromatic rings. The van der Waals surface area contributed by atoms with Crippen LogP contribution in [0.3, 0.4) is 0 Å². The van der Waals surface area contributed by atoms with Crippen molar-refractivity contribution >= 4 is 23.2 Å². The van der Waals surface area contributed by atoms with Gasteiger partial charge < -0.3 is 21.1 Å². The number of amides is 2. The van der Waals surface area contributed by atoms with Gasteiger partial charge in [-0.2, -0.15) is 0 Å². The molecule has 2 aromatic carbocycles. The highest BCUT2D eigenvalue weighted by atomic mass is 16.5. The van der Waals surface area contributed by atoms with Crippen molar-refractivity contribution in [2.24, 2.45) is 5.73 Å². The average Bonchev–Trinajstić information content (AvgIpc) is 2.56. The van der Waals surface area contributed by atoms with Gasteiger partial charge in [-0.3, -0.25) is 9.59 Å². The first-order valence-electron chi connectivity index (χ1n) is 7.67. The van der Waals surface area contributed by atoms with Crippen LogP contribution in [0.15, 0.2) is 48.5 Å². The molecule has 0 heterocycles. The maximum atomic E-state index is 12.0. The molecule has 0 saturated carbocycles. The smallest absolute Gasteiger partial charge is 0.262 e. The Hall–Kier alpha value is -2.86. The van der Waals surface area contributed by atoms with E-state index >= 15 is 0 Å². The third-order valence-corrected chi connectivity index (χ3v) is 3.24. The topological polar surface area (TPSA) is 93.5 Å². The predicted octanol–water partition coefficient (Wildman–Crippen LogP) is 2.30. The lowest BCUT2D eigenvalue weighted by Crippen LogP contribution is -2.22. The number of ether oxygens (including phenoxy) is 1. The lowest BCUT2D eigenvalue weighted by Gasteiger charge is -2.12. The Morgan fingerprint density at radius 3 is 2.12 bits per heavy atom. The highest BCUT2D eigenvalue weighted by Crippen LogP contribution is 2.21. The van der Waals surface area contributed by atoms with Crippen LogP contribution in [0.5, 0.6) is 5.75 Å². The molecule has 24 heavy (non-hydrogen) atoms. The van der Waals surface area contributed by atoms with Gasteiger partial charge in [0.1, 0.15) is 5.75 Å². The molecule has 0 radical (unpaired) electrons. The summed E-state index contributed by atoms with van der Waals surface area (Å²) in [4.78, 5) is 23.7. The quantitative estimate of drug-likeness (QED) is 0.727. The number of hydrogen-bond donors (Lipinski definition) is 3. The van der Waals surface area contributed by atoms with Crippen LogP contribution in [0, 0.1) is 6.92 Å². The van der Waals surface area contributed by atoms with E-state index in [1.807, 2.05) is 31.2 Å². The molecule has 0 spiro atoms. The Morgan fingerprint density at radius 1 is 0.958 bits per heavy atom. The Bertz CT molecular complexity index is 699. The van der Waals surface area contributed by atoms with E-state index in [1.165, 1.54) is 0 Å². The number of carbonyl (C=O) groups is 2. The number of rotatable bonds is 7. The van der Waals surface area contributed by atoms with Gasteiger partial charge in [-0.25, -0.2) is 0 Å². The summed E-state index contributed by atoms with van der Waals surface area (Å²) in [7, 11) is 0. The van der Waals surface area contributed by atoms with Crippen molar-refractivity contribution < 1.29 is 14.3 Å². The summed E-state index contributed by atoms with van der Waals surface area (Å²) in [6.45, 7) is 2.13. The third kappa shape index (κ3) is 5.40. The minimum absolute atomic E-state index is 0.117. The molecular formula is C18H21N3O3. The molecule has 6 nitrogen and oxygen atoms in total. The molecule has 2 rings (SSSR count). The van der Waals surface area contributed by atoms with Crippen molar-refractivity contribution in [2.75, 3.05) is 23.8 Å². The number of nitrogens with two attached hydrogens (primary N) is 1. The second-order valence-electron chi connectivity index (χ2n) is 5.28. The average molecular weight is 327 g/mol. The fraction of sp³-hybridized carbons (Fsp3) is 0.222. The molecular weight excluding hydrogens is 306 g/mol. The fourth-order valence-electron chi connectivity index (χ4n) is 2.01. The molecule has 126 valence electrons. The largest absolute Gasteiger partial charge is 0.484 e. The van der Waals surface area contributed by atoms with Gasteiger partial charge in [0.05, 0.1) is 11.4 Å². The Morgan fingerprint density at radius 2 is 1.54 bits per heavy atom. The monoisotopic (exact) mass is 327 g/mol. The van der Waals surface area contributed by atoms with Crippen molar-refractivity contribution in [1.29, 1.82) is 0 Å². The molecule has 0 unspecified atom stereocenters. The first kappa shape index (κ1) is 17.5. The van der Waals surface area contributed by atoms with Crippen LogP contribution in [-0.4, -0.2) is 25.0 Å². The van der Waals surface area contributed by atoms with Crippen LogP contribution in [0.4, 0.5) is 11.4 Å². The van der Waals surface area contributed by atoms with E-state index in [0.29, 0.717) is 17.1 Å². The van der Waals surface area contributed by atoms with Gasteiger partial charge in [0.25, 0.3) is 5.91 Å². The van der Waals surface area contributed by atoms with Crippen LogP contribution in [0.1, 0.15) is 12.0 Å². The van der Waals surface area contributed by atoms with Crippen molar-refractivity contribution in [3.8, 4) is 5.75 Å². The van der Waals surface area contributed by atoms with Gasteiger partial charge >= 0.3 is 0 Å². The van der Waals surface area contributed by atoms with Gasteiger partial charge in [0.15, 0.2) is 6.61 Å². The Labute approximate surface area is 141 Å². The Kier molecular flexibility index (Phi) is 6.33. The molecule has 0 atom stereocenters. The van der Waals surface area contributed by atoms with E-state index in [2.05, 4.69) is 10.6 Å². The summed E-state index contributed by atoms with van der Waals surface area (Å²) in [5.74, 6) is 0.117. The second-order valence-corrected chi connectivity index (χ2v) is 5.28. The zero-order chi connectivity index (χ0) is 17.4. The van der Waals surface area contributed by atoms with Crippen molar-refractivity contribution in [3.05, 3.63) is 54.1 Å². The highest BCUT2D eigenvalue weighted by molar-refractivity contribution is 5.99. The van der Waals surface area contributed by atoms with Crippen LogP contribution in [-0.2, 0) is 9.59 Å². The van der Waals surface area contributed by atoms with E-state index in [9.17, 15) is 9.59 Å². The zero-order valence-corrected chi connectivity index (χ0v) is 13.5. The standard InChI is InChI=1S/C18H21N3O3/c1-13-6-8-14(9-7-13)24-12-18(23)21-16-5-3-2-4-15(16)20-17(22)10-11-19/h2-9H,10-12,19H2,1H3,(H,20,22)(H,21,23). The highest BCUT2D eigenvalue weighted by Gasteiger charge is 2.09. The SMILES string of the molecule is Cc1ccc(OCC(=O)Nc2ccccc2NC(=O)CCN)cc1. The number of hydrogen-bond acceptors (Lipinski definition) is 4. The Balaban J connectivity index is 1.93. The number of nitrogens with one attached hydrogen (secondary N) is 2. The maximum absolute atomic E-state index is 12.0. The van der Waals surface area contributed by atoms with E-state index < -0.39 is 0 Å². The van der Waals surface area contributed by atoms with E-state index in [1.54, 1.807) is 24.3 Å². The van der Waals surface area contributed by atoms with Gasteiger partial charge in [-0.15, -0.1) is 0 Å². The normalized spacial score (nSPS) is 10.1. The van der Waals surface area contributed by atoms with Crippen LogP contribution >= 0.6 is 0 Å². The minimum Gasteiger partial charge on any atom is -0.484 e. The summed E-state index contributed by atoms with van der Waals surface area (Å²) in [5.41, 5.74) is 7.52. The number of carbonyl (C=O) groups excluding carboxylic acids is 2. The summed E-state index contributed by atoms with van der Waals surface area (Å²) in [6.07, 6.45) is 0.221. The van der Waals surface area contributed by atoms with Crippen LogP contribution < -0.4 is 21.1 Å². The first-order chi connectivity index (χ1) is 11.6. The van der Waals surface area contributed by atoms with Crippen LogP contribution in [0.2, 0.25) is 0 Å². The van der Waals surface area contributed by atoms with Gasteiger partial charge in [0.2, 0.25) is 5.91 Å². The molecule has 0 aromatic heterocycles. The van der Waals surface area contributed by atoms with Gasteiger partial charge in [-0.05, 0) is 31.2 Å². The number of para-hydroxylation sites is 2. The van der Waals surface area contributed by atoms with Gasteiger partial charge in [0, 0.05) is 13.0 Å². The molecule has 0 aliphatic heterocycles. The van der Waals surface area contributed by atoms with Crippen molar-refractivity contribution in [2.45, 2.75) is 13.3 Å². The molecule has 4 N–H and O–H groups in total. The van der Waals surface area contributed by atoms with Crippen LogP contribution in [0.25, 0.3) is 0 Å². The number of anilines is 2. The lowest BCUT2D eigenvalue weighted by molar-refractivity contribution is -0.118. The summed E-state index contributed by atoms with van der Waals surface area (Å²) >= 11 is 0. The minimum atomic E-state index is -0.309. The molecule has 2 amide bonds. The van der Waals surface area contributed by atoms with E-state index in [0.717, 1.165) is 5.56 Å². The summed E-state index contributed by atoms with van der Waals surface area (Å²) in [5, 5.41) is 5.45. The first-order valence-corrected chi connectivity index (χ1v) is 7.67. The number of aryl methyl sites for hydroxylation is 1. The third-order valence-electron chi connectivity index (χ3n) is 3.24. The number of benzene rings is 2. The van der Waals surface area contributed by atoms with Crippen molar-refractivity contribution in [3.63, 3.8) is 0 Å². The second kappa shape index (κ2) is 8.69. The predicted molar refractivity (Wildman–Crippen MR) is 94.0 cm³/mol. The summed E-state index contributed by atoms with van der Waals surface area (Å²) in [6, 6.07) is 14.4. The zero-order valence-electron chi connectivity index (χ0n) is 13.5. The summed E-state index contributed by atoms with van der Waals surface area (Å²) < 4.78 is 5.44. The lowest BCUT2D eigenvalue weighted by atomic mass is 10.2. The fourth-order valence-corrected chi connectivity index (χ4v) is 2.01. The van der Waals surface area contributed by atoms with Gasteiger partial charge in [-0.1, -0.05) is 29.8 Å². The molecule has 0 aliphatic carbocycles. The maximum Gasteiger partial charge on any atom is 0.262 e. The molecule has 0 fully saturated rings. The molecule has 0 saturated heterocycles. The molecule has 0 bridgehead atoms.